The number of ether oxygens (including phenoxy) is 1. The van der Waals surface area contributed by atoms with Gasteiger partial charge in [-0.25, -0.2) is 0 Å². The van der Waals surface area contributed by atoms with Gasteiger partial charge >= 0.3 is 0 Å². The third-order valence-electron chi connectivity index (χ3n) is 2.44. The zero-order valence-corrected chi connectivity index (χ0v) is 12.3. The van der Waals surface area contributed by atoms with Crippen molar-refractivity contribution in [3.05, 3.63) is 28.2 Å². The maximum Gasteiger partial charge on any atom is 0.223 e. The van der Waals surface area contributed by atoms with E-state index in [1.54, 1.807) is 0 Å². The Labute approximate surface area is 116 Å². The fraction of sp³-hybridized carbons (Fsp3) is 0.462. The molecule has 5 heteroatoms. The highest BCUT2D eigenvalue weighted by atomic mass is 79.9. The van der Waals surface area contributed by atoms with E-state index < -0.39 is 0 Å². The summed E-state index contributed by atoms with van der Waals surface area (Å²) in [6.07, 6.45) is 0.324. The minimum Gasteiger partial charge on any atom is -0.492 e. The molecule has 1 rings (SSSR count). The summed E-state index contributed by atoms with van der Waals surface area (Å²) in [6.45, 7) is 4.67. The normalized spacial score (nSPS) is 12.0. The molecule has 0 bridgehead atoms. The lowest BCUT2D eigenvalue weighted by atomic mass is 10.2. The van der Waals surface area contributed by atoms with E-state index in [9.17, 15) is 4.79 Å². The van der Waals surface area contributed by atoms with Crippen LogP contribution in [0.4, 0.5) is 0 Å². The molecule has 0 fully saturated rings. The predicted molar refractivity (Wildman–Crippen MR) is 75.7 cm³/mol. The number of carbonyl (C=O) groups excluding carboxylic acids is 1. The van der Waals surface area contributed by atoms with E-state index in [-0.39, 0.29) is 11.9 Å². The molecule has 1 aromatic carbocycles. The van der Waals surface area contributed by atoms with Crippen LogP contribution in [0.5, 0.6) is 5.75 Å². The maximum absolute atomic E-state index is 11.5. The molecule has 0 aliphatic carbocycles. The molecular weight excluding hydrogens is 296 g/mol. The quantitative estimate of drug-likeness (QED) is 0.844. The van der Waals surface area contributed by atoms with Gasteiger partial charge in [-0.3, -0.25) is 4.79 Å². The molecule has 0 aromatic heterocycles. The largest absolute Gasteiger partial charge is 0.492 e. The summed E-state index contributed by atoms with van der Waals surface area (Å²) in [5.41, 5.74) is 6.58. The van der Waals surface area contributed by atoms with Crippen molar-refractivity contribution in [2.24, 2.45) is 5.73 Å². The number of aryl methyl sites for hydroxylation is 1. The van der Waals surface area contributed by atoms with Gasteiger partial charge in [-0.2, -0.15) is 0 Å². The van der Waals surface area contributed by atoms with Crippen LogP contribution in [0.15, 0.2) is 22.7 Å². The lowest BCUT2D eigenvalue weighted by Crippen LogP contribution is -2.38. The molecule has 0 aliphatic heterocycles. The van der Waals surface area contributed by atoms with Crippen LogP contribution in [0.2, 0.25) is 0 Å². The van der Waals surface area contributed by atoms with E-state index in [0.29, 0.717) is 19.6 Å². The van der Waals surface area contributed by atoms with Crippen LogP contribution in [-0.2, 0) is 4.79 Å². The second kappa shape index (κ2) is 7.38. The van der Waals surface area contributed by atoms with Crippen LogP contribution >= 0.6 is 15.9 Å². The number of halogens is 1. The minimum absolute atomic E-state index is 0.00334. The van der Waals surface area contributed by atoms with Crippen LogP contribution in [0.3, 0.4) is 0 Å². The first-order valence-corrected chi connectivity index (χ1v) is 6.70. The van der Waals surface area contributed by atoms with Crippen molar-refractivity contribution in [1.29, 1.82) is 0 Å². The van der Waals surface area contributed by atoms with Crippen molar-refractivity contribution >= 4 is 21.8 Å². The lowest BCUT2D eigenvalue weighted by molar-refractivity contribution is -0.122. The molecular formula is C13H19BrN2O2. The standard InChI is InChI=1S/C13H19BrN2O2/c1-9-3-4-12(11(14)7-9)18-6-5-13(17)16-10(2)8-15/h3-4,7,10H,5-6,8,15H2,1-2H3,(H,16,17)/t10-/m0/s1. The molecule has 1 amide bonds. The van der Waals surface area contributed by atoms with Crippen LogP contribution in [0.1, 0.15) is 18.9 Å². The van der Waals surface area contributed by atoms with E-state index in [0.717, 1.165) is 15.8 Å². The van der Waals surface area contributed by atoms with E-state index >= 15 is 0 Å². The van der Waals surface area contributed by atoms with Crippen molar-refractivity contribution in [1.82, 2.24) is 5.32 Å². The summed E-state index contributed by atoms with van der Waals surface area (Å²) in [5, 5.41) is 2.78. The van der Waals surface area contributed by atoms with Gasteiger partial charge in [-0.05, 0) is 47.5 Å². The average molecular weight is 315 g/mol. The molecule has 0 saturated heterocycles. The summed E-state index contributed by atoms with van der Waals surface area (Å²) < 4.78 is 6.44. The first-order chi connectivity index (χ1) is 8.52. The lowest BCUT2D eigenvalue weighted by Gasteiger charge is -2.12. The monoisotopic (exact) mass is 314 g/mol. The van der Waals surface area contributed by atoms with E-state index in [2.05, 4.69) is 21.2 Å². The van der Waals surface area contributed by atoms with Crippen LogP contribution in [-0.4, -0.2) is 25.1 Å². The molecule has 4 nitrogen and oxygen atoms in total. The summed E-state index contributed by atoms with van der Waals surface area (Å²) in [4.78, 5) is 11.5. The first kappa shape index (κ1) is 15.0. The molecule has 18 heavy (non-hydrogen) atoms. The third kappa shape index (κ3) is 5.06. The van der Waals surface area contributed by atoms with Crippen molar-refractivity contribution in [2.45, 2.75) is 26.3 Å². The number of nitrogens with two attached hydrogens (primary N) is 1. The van der Waals surface area contributed by atoms with E-state index in [1.807, 2.05) is 32.0 Å². The van der Waals surface area contributed by atoms with Gasteiger partial charge in [-0.15, -0.1) is 0 Å². The Bertz CT molecular complexity index is 410. The molecule has 0 spiro atoms. The Kier molecular flexibility index (Phi) is 6.15. The van der Waals surface area contributed by atoms with Gasteiger partial charge in [0.1, 0.15) is 5.75 Å². The molecule has 0 unspecified atom stereocenters. The highest BCUT2D eigenvalue weighted by molar-refractivity contribution is 9.10. The second-order valence-corrected chi connectivity index (χ2v) is 5.09. The van der Waals surface area contributed by atoms with E-state index in [1.165, 1.54) is 0 Å². The first-order valence-electron chi connectivity index (χ1n) is 5.91. The van der Waals surface area contributed by atoms with Gasteiger partial charge in [0.25, 0.3) is 0 Å². The smallest absolute Gasteiger partial charge is 0.223 e. The van der Waals surface area contributed by atoms with Crippen molar-refractivity contribution in [2.75, 3.05) is 13.2 Å². The Balaban J connectivity index is 2.35. The summed E-state index contributed by atoms with van der Waals surface area (Å²) in [5.74, 6) is 0.705. The molecule has 0 aliphatic rings. The summed E-state index contributed by atoms with van der Waals surface area (Å²) in [6, 6.07) is 5.84. The number of benzene rings is 1. The Morgan fingerprint density at radius 1 is 1.56 bits per heavy atom. The van der Waals surface area contributed by atoms with Crippen molar-refractivity contribution in [3.8, 4) is 5.75 Å². The maximum atomic E-state index is 11.5. The fourth-order valence-corrected chi connectivity index (χ4v) is 1.99. The third-order valence-corrected chi connectivity index (χ3v) is 3.05. The number of hydrogen-bond acceptors (Lipinski definition) is 3. The average Bonchev–Trinajstić information content (AvgIpc) is 2.31. The second-order valence-electron chi connectivity index (χ2n) is 4.24. The molecule has 3 N–H and O–H groups in total. The SMILES string of the molecule is Cc1ccc(OCCC(=O)N[C@@H](C)CN)c(Br)c1. The Morgan fingerprint density at radius 3 is 2.89 bits per heavy atom. The molecule has 0 heterocycles. The number of hydrogen-bond donors (Lipinski definition) is 2. The minimum atomic E-state index is -0.0452. The van der Waals surface area contributed by atoms with Crippen LogP contribution in [0.25, 0.3) is 0 Å². The molecule has 1 atom stereocenters. The number of rotatable bonds is 6. The number of amides is 1. The highest BCUT2D eigenvalue weighted by Gasteiger charge is 2.06. The summed E-state index contributed by atoms with van der Waals surface area (Å²) >= 11 is 3.42. The zero-order chi connectivity index (χ0) is 13.5. The Morgan fingerprint density at radius 2 is 2.28 bits per heavy atom. The van der Waals surface area contributed by atoms with Crippen molar-refractivity contribution < 1.29 is 9.53 Å². The van der Waals surface area contributed by atoms with Gasteiger partial charge in [0.05, 0.1) is 17.5 Å². The molecule has 1 aromatic rings. The molecule has 100 valence electrons. The highest BCUT2D eigenvalue weighted by Crippen LogP contribution is 2.25. The molecule has 0 saturated carbocycles. The van der Waals surface area contributed by atoms with Crippen LogP contribution < -0.4 is 15.8 Å². The van der Waals surface area contributed by atoms with Gasteiger partial charge in [0.15, 0.2) is 0 Å². The van der Waals surface area contributed by atoms with Gasteiger partial charge < -0.3 is 15.8 Å². The predicted octanol–water partition coefficient (Wildman–Crippen LogP) is 1.99. The van der Waals surface area contributed by atoms with Crippen molar-refractivity contribution in [3.63, 3.8) is 0 Å². The Hall–Kier alpha value is -1.07. The molecule has 0 radical (unpaired) electrons. The van der Waals surface area contributed by atoms with E-state index in [4.69, 9.17) is 10.5 Å². The number of carbonyl (C=O) groups is 1. The topological polar surface area (TPSA) is 64.3 Å². The van der Waals surface area contributed by atoms with Crippen LogP contribution in [0, 0.1) is 6.92 Å². The van der Waals surface area contributed by atoms with Gasteiger partial charge in [0.2, 0.25) is 5.91 Å². The van der Waals surface area contributed by atoms with Gasteiger partial charge in [0, 0.05) is 12.6 Å². The fourth-order valence-electron chi connectivity index (χ4n) is 1.38. The summed E-state index contributed by atoms with van der Waals surface area (Å²) in [7, 11) is 0. The zero-order valence-electron chi connectivity index (χ0n) is 10.7. The van der Waals surface area contributed by atoms with Gasteiger partial charge in [-0.1, -0.05) is 6.07 Å². The number of nitrogens with one attached hydrogen (secondary N) is 1.